The van der Waals surface area contributed by atoms with Crippen LogP contribution in [0.25, 0.3) is 0 Å². The molecule has 156 valence electrons. The molecule has 0 saturated carbocycles. The van der Waals surface area contributed by atoms with Gasteiger partial charge in [0.1, 0.15) is 11.5 Å². The summed E-state index contributed by atoms with van der Waals surface area (Å²) in [5.41, 5.74) is 2.15. The number of hydrogen-bond acceptors (Lipinski definition) is 7. The van der Waals surface area contributed by atoms with E-state index in [2.05, 4.69) is 10.5 Å². The molecule has 0 radical (unpaired) electrons. The molecule has 9 heteroatoms. The number of benzene rings is 1. The van der Waals surface area contributed by atoms with E-state index in [4.69, 9.17) is 14.0 Å². The van der Waals surface area contributed by atoms with E-state index in [9.17, 15) is 14.4 Å². The Labute approximate surface area is 168 Å². The first kappa shape index (κ1) is 21.9. The highest BCUT2D eigenvalue weighted by atomic mass is 16.5. The molecule has 2 amide bonds. The van der Waals surface area contributed by atoms with Gasteiger partial charge < -0.3 is 24.2 Å². The van der Waals surface area contributed by atoms with Gasteiger partial charge in [-0.3, -0.25) is 14.4 Å². The lowest BCUT2D eigenvalue weighted by Gasteiger charge is -2.17. The molecule has 29 heavy (non-hydrogen) atoms. The van der Waals surface area contributed by atoms with E-state index in [1.165, 1.54) is 19.1 Å². The molecule has 0 unspecified atom stereocenters. The zero-order valence-corrected chi connectivity index (χ0v) is 17.0. The Morgan fingerprint density at radius 2 is 2.00 bits per heavy atom. The maximum absolute atomic E-state index is 12.1. The van der Waals surface area contributed by atoms with Gasteiger partial charge in [-0.25, -0.2) is 0 Å². The number of nitrogens with zero attached hydrogens (tertiary/aromatic N) is 2. The summed E-state index contributed by atoms with van der Waals surface area (Å²) >= 11 is 0. The number of methoxy groups -OCH3 is 1. The number of likely N-dealkylation sites (N-methyl/N-ethyl adjacent to an activating group) is 1. The third-order valence-electron chi connectivity index (χ3n) is 4.28. The minimum absolute atomic E-state index is 0.107. The molecule has 0 aliphatic rings. The second-order valence-corrected chi connectivity index (χ2v) is 6.49. The summed E-state index contributed by atoms with van der Waals surface area (Å²) < 4.78 is 15.1. The zero-order valence-electron chi connectivity index (χ0n) is 17.0. The third-order valence-corrected chi connectivity index (χ3v) is 4.28. The highest BCUT2D eigenvalue weighted by Gasteiger charge is 2.17. The lowest BCUT2D eigenvalue weighted by Crippen LogP contribution is -2.37. The minimum atomic E-state index is -0.507. The Balaban J connectivity index is 1.73. The van der Waals surface area contributed by atoms with E-state index in [1.54, 1.807) is 38.1 Å². The summed E-state index contributed by atoms with van der Waals surface area (Å²) in [5, 5.41) is 6.50. The molecule has 0 atom stereocenters. The van der Waals surface area contributed by atoms with Gasteiger partial charge in [-0.05, 0) is 32.4 Å². The van der Waals surface area contributed by atoms with E-state index in [1.807, 2.05) is 0 Å². The molecule has 1 N–H and O–H groups in total. The number of esters is 1. The summed E-state index contributed by atoms with van der Waals surface area (Å²) in [6.45, 7) is 2.97. The molecule has 1 heterocycles. The summed E-state index contributed by atoms with van der Waals surface area (Å²) in [4.78, 5) is 37.3. The number of carbonyl (C=O) groups is 3. The van der Waals surface area contributed by atoms with Crippen molar-refractivity contribution in [3.63, 3.8) is 0 Å². The molecule has 0 spiro atoms. The molecule has 0 bridgehead atoms. The van der Waals surface area contributed by atoms with Crippen LogP contribution in [-0.2, 0) is 25.5 Å². The number of hydrogen-bond donors (Lipinski definition) is 1. The Morgan fingerprint density at radius 3 is 2.66 bits per heavy atom. The number of rotatable bonds is 9. The highest BCUT2D eigenvalue weighted by Crippen LogP contribution is 2.16. The van der Waals surface area contributed by atoms with Gasteiger partial charge in [0.05, 0.1) is 19.3 Å². The van der Waals surface area contributed by atoms with Crippen molar-refractivity contribution in [1.29, 1.82) is 0 Å². The van der Waals surface area contributed by atoms with Crippen molar-refractivity contribution in [2.24, 2.45) is 0 Å². The van der Waals surface area contributed by atoms with Crippen molar-refractivity contribution in [3.05, 3.63) is 41.3 Å². The van der Waals surface area contributed by atoms with Gasteiger partial charge in [-0.15, -0.1) is 0 Å². The molecular weight excluding hydrogens is 378 g/mol. The fraction of sp³-hybridized carbons (Fsp3) is 0.400. The average Bonchev–Trinajstić information content (AvgIpc) is 3.01. The van der Waals surface area contributed by atoms with Crippen LogP contribution in [0.2, 0.25) is 0 Å². The standard InChI is InChI=1S/C20H25N3O6/c1-13-17(14(2)29-22-13)8-9-20(26)28-12-19(25)23(3)11-18(24)21-15-6-5-7-16(10-15)27-4/h5-7,10H,8-9,11-12H2,1-4H3,(H,21,24). The van der Waals surface area contributed by atoms with Crippen LogP contribution in [0.4, 0.5) is 5.69 Å². The van der Waals surface area contributed by atoms with Gasteiger partial charge >= 0.3 is 5.97 Å². The van der Waals surface area contributed by atoms with Crippen molar-refractivity contribution in [2.45, 2.75) is 26.7 Å². The van der Waals surface area contributed by atoms with Gasteiger partial charge in [0.2, 0.25) is 5.91 Å². The van der Waals surface area contributed by atoms with Gasteiger partial charge in [-0.1, -0.05) is 11.2 Å². The van der Waals surface area contributed by atoms with Crippen molar-refractivity contribution >= 4 is 23.5 Å². The van der Waals surface area contributed by atoms with Gasteiger partial charge in [0, 0.05) is 30.8 Å². The molecule has 1 aromatic carbocycles. The molecule has 0 saturated heterocycles. The third kappa shape index (κ3) is 6.63. The molecule has 0 aliphatic carbocycles. The summed E-state index contributed by atoms with van der Waals surface area (Å²) in [5.74, 6) is -0.0909. The molecule has 0 fully saturated rings. The van der Waals surface area contributed by atoms with Crippen molar-refractivity contribution in [1.82, 2.24) is 10.1 Å². The van der Waals surface area contributed by atoms with E-state index < -0.39 is 18.5 Å². The fourth-order valence-electron chi connectivity index (χ4n) is 2.62. The van der Waals surface area contributed by atoms with Crippen LogP contribution in [0.3, 0.4) is 0 Å². The first-order valence-corrected chi connectivity index (χ1v) is 9.05. The molecule has 2 rings (SSSR count). The number of ether oxygens (including phenoxy) is 2. The topological polar surface area (TPSA) is 111 Å². The number of nitrogens with one attached hydrogen (secondary N) is 1. The van der Waals surface area contributed by atoms with Crippen LogP contribution in [0, 0.1) is 13.8 Å². The Hall–Kier alpha value is -3.36. The first-order valence-electron chi connectivity index (χ1n) is 9.05. The van der Waals surface area contributed by atoms with Crippen molar-refractivity contribution in [3.8, 4) is 5.75 Å². The summed E-state index contributed by atoms with van der Waals surface area (Å²) in [6, 6.07) is 6.88. The monoisotopic (exact) mass is 403 g/mol. The normalized spacial score (nSPS) is 10.3. The number of aryl methyl sites for hydroxylation is 2. The lowest BCUT2D eigenvalue weighted by molar-refractivity contribution is -0.151. The highest BCUT2D eigenvalue weighted by molar-refractivity contribution is 5.94. The lowest BCUT2D eigenvalue weighted by atomic mass is 10.1. The Kier molecular flexibility index (Phi) is 7.76. The maximum atomic E-state index is 12.1. The largest absolute Gasteiger partial charge is 0.497 e. The van der Waals surface area contributed by atoms with Crippen LogP contribution in [0.1, 0.15) is 23.4 Å². The van der Waals surface area contributed by atoms with E-state index in [-0.39, 0.29) is 18.9 Å². The van der Waals surface area contributed by atoms with Crippen LogP contribution in [0.15, 0.2) is 28.8 Å². The van der Waals surface area contributed by atoms with Crippen LogP contribution >= 0.6 is 0 Å². The second-order valence-electron chi connectivity index (χ2n) is 6.49. The molecule has 1 aromatic heterocycles. The maximum Gasteiger partial charge on any atom is 0.306 e. The summed E-state index contributed by atoms with van der Waals surface area (Å²) in [6.07, 6.45) is 0.531. The van der Waals surface area contributed by atoms with E-state index in [0.717, 1.165) is 11.3 Å². The molecule has 0 aliphatic heterocycles. The second kappa shape index (κ2) is 10.3. The fourth-order valence-corrected chi connectivity index (χ4v) is 2.62. The predicted molar refractivity (Wildman–Crippen MR) is 105 cm³/mol. The van der Waals surface area contributed by atoms with E-state index in [0.29, 0.717) is 23.6 Å². The molecule has 2 aromatic rings. The average molecular weight is 403 g/mol. The SMILES string of the molecule is COc1cccc(NC(=O)CN(C)C(=O)COC(=O)CCc2c(C)noc2C)c1. The van der Waals surface area contributed by atoms with Crippen LogP contribution in [-0.4, -0.2) is 55.1 Å². The number of anilines is 1. The minimum Gasteiger partial charge on any atom is -0.497 e. The quantitative estimate of drug-likeness (QED) is 0.636. The predicted octanol–water partition coefficient (Wildman–Crippen LogP) is 1.87. The van der Waals surface area contributed by atoms with E-state index >= 15 is 0 Å². The summed E-state index contributed by atoms with van der Waals surface area (Å²) in [7, 11) is 2.99. The Bertz CT molecular complexity index is 857. The molecular formula is C20H25N3O6. The van der Waals surface area contributed by atoms with Gasteiger partial charge in [0.25, 0.3) is 5.91 Å². The van der Waals surface area contributed by atoms with Crippen molar-refractivity contribution < 1.29 is 28.4 Å². The van der Waals surface area contributed by atoms with Crippen LogP contribution < -0.4 is 10.1 Å². The van der Waals surface area contributed by atoms with Gasteiger partial charge in [0.15, 0.2) is 6.61 Å². The Morgan fingerprint density at radius 1 is 1.24 bits per heavy atom. The zero-order chi connectivity index (χ0) is 21.4. The smallest absolute Gasteiger partial charge is 0.306 e. The number of amides is 2. The van der Waals surface area contributed by atoms with Crippen molar-refractivity contribution in [2.75, 3.05) is 32.6 Å². The van der Waals surface area contributed by atoms with Crippen LogP contribution in [0.5, 0.6) is 5.75 Å². The first-order chi connectivity index (χ1) is 13.8. The number of carbonyl (C=O) groups excluding carboxylic acids is 3. The number of aromatic nitrogens is 1. The molecule has 9 nitrogen and oxygen atoms in total. The van der Waals surface area contributed by atoms with Gasteiger partial charge in [-0.2, -0.15) is 0 Å².